The van der Waals surface area contributed by atoms with Crippen LogP contribution in [0.25, 0.3) is 0 Å². The monoisotopic (exact) mass is 425 g/mol. The average Bonchev–Trinajstić information content (AvgIpc) is 2.76. The third-order valence-electron chi connectivity index (χ3n) is 4.82. The maximum absolute atomic E-state index is 12.4. The lowest BCUT2D eigenvalue weighted by molar-refractivity contribution is -0.121. The van der Waals surface area contributed by atoms with Crippen LogP contribution in [0.5, 0.6) is 0 Å². The second-order valence-electron chi connectivity index (χ2n) is 8.06. The predicted molar refractivity (Wildman–Crippen MR) is 123 cm³/mol. The zero-order valence-electron chi connectivity index (χ0n) is 19.0. The van der Waals surface area contributed by atoms with E-state index in [-0.39, 0.29) is 24.5 Å². The van der Waals surface area contributed by atoms with Crippen LogP contribution >= 0.6 is 0 Å². The van der Waals surface area contributed by atoms with Crippen molar-refractivity contribution in [3.05, 3.63) is 70.8 Å². The maximum Gasteiger partial charge on any atom is 0.220 e. The van der Waals surface area contributed by atoms with Crippen LogP contribution in [0.3, 0.4) is 0 Å². The molecule has 0 aromatic heterocycles. The van der Waals surface area contributed by atoms with E-state index in [0.29, 0.717) is 44.5 Å². The van der Waals surface area contributed by atoms with Crippen molar-refractivity contribution in [1.82, 2.24) is 5.32 Å². The number of amides is 1. The molecule has 0 bridgehead atoms. The fraction of sp³-hybridized carbons (Fsp3) is 0.462. The van der Waals surface area contributed by atoms with Gasteiger partial charge in [-0.2, -0.15) is 0 Å². The fourth-order valence-electron chi connectivity index (χ4n) is 3.24. The Balaban J connectivity index is 1.71. The van der Waals surface area contributed by atoms with Gasteiger partial charge in [0.15, 0.2) is 5.78 Å². The summed E-state index contributed by atoms with van der Waals surface area (Å²) in [6.45, 7) is 9.09. The topological polar surface area (TPSA) is 64.6 Å². The number of hydrogen-bond acceptors (Lipinski definition) is 4. The molecule has 0 radical (unpaired) electrons. The number of carbonyl (C=O) groups is 2. The van der Waals surface area contributed by atoms with Crippen molar-refractivity contribution in [1.29, 1.82) is 0 Å². The highest BCUT2D eigenvalue weighted by Crippen LogP contribution is 2.12. The van der Waals surface area contributed by atoms with E-state index in [1.807, 2.05) is 55.5 Å². The van der Waals surface area contributed by atoms with Gasteiger partial charge >= 0.3 is 0 Å². The maximum atomic E-state index is 12.4. The molecule has 2 aromatic rings. The lowest BCUT2D eigenvalue weighted by Gasteiger charge is -2.09. The summed E-state index contributed by atoms with van der Waals surface area (Å²) >= 11 is 0. The van der Waals surface area contributed by atoms with E-state index in [2.05, 4.69) is 19.2 Å². The molecule has 0 saturated heterocycles. The van der Waals surface area contributed by atoms with E-state index in [9.17, 15) is 9.59 Å². The van der Waals surface area contributed by atoms with Crippen molar-refractivity contribution >= 4 is 11.7 Å². The molecule has 0 spiro atoms. The van der Waals surface area contributed by atoms with Crippen molar-refractivity contribution in [3.8, 4) is 0 Å². The van der Waals surface area contributed by atoms with E-state index in [1.165, 1.54) is 5.56 Å². The van der Waals surface area contributed by atoms with Gasteiger partial charge in [0.05, 0.1) is 19.8 Å². The zero-order chi connectivity index (χ0) is 22.5. The lowest BCUT2D eigenvalue weighted by atomic mass is 9.99. The molecule has 0 aliphatic heterocycles. The van der Waals surface area contributed by atoms with Gasteiger partial charge in [-0.25, -0.2) is 0 Å². The molecular weight excluding hydrogens is 390 g/mol. The summed E-state index contributed by atoms with van der Waals surface area (Å²) in [4.78, 5) is 24.5. The molecule has 1 amide bonds. The van der Waals surface area contributed by atoms with Gasteiger partial charge in [-0.3, -0.25) is 9.59 Å². The predicted octanol–water partition coefficient (Wildman–Crippen LogP) is 4.72. The van der Waals surface area contributed by atoms with Crippen LogP contribution in [-0.4, -0.2) is 31.5 Å². The fourth-order valence-corrected chi connectivity index (χ4v) is 3.24. The summed E-state index contributed by atoms with van der Waals surface area (Å²) in [7, 11) is 0. The highest BCUT2D eigenvalue weighted by molar-refractivity contribution is 5.97. The SMILES string of the molecule is CCOCCOCc1cccc(CNC(=O)CCC(=O)c2ccc(CC(C)C)cc2)c1. The number of ketones is 1. The van der Waals surface area contributed by atoms with Crippen LogP contribution in [0, 0.1) is 5.92 Å². The number of hydrogen-bond donors (Lipinski definition) is 1. The third kappa shape index (κ3) is 9.90. The minimum absolute atomic E-state index is 0.00237. The van der Waals surface area contributed by atoms with Crippen LogP contribution in [-0.2, 0) is 33.8 Å². The van der Waals surface area contributed by atoms with Crippen LogP contribution < -0.4 is 5.32 Å². The molecule has 1 N–H and O–H groups in total. The summed E-state index contributed by atoms with van der Waals surface area (Å²) < 4.78 is 10.8. The Morgan fingerprint density at radius 1 is 0.903 bits per heavy atom. The highest BCUT2D eigenvalue weighted by Gasteiger charge is 2.10. The quantitative estimate of drug-likeness (QED) is 0.351. The highest BCUT2D eigenvalue weighted by atomic mass is 16.5. The molecule has 5 heteroatoms. The molecule has 168 valence electrons. The number of carbonyl (C=O) groups excluding carboxylic acids is 2. The second kappa shape index (κ2) is 13.7. The van der Waals surface area contributed by atoms with E-state index in [1.54, 1.807) is 0 Å². The summed E-state index contributed by atoms with van der Waals surface area (Å²) in [5.41, 5.74) is 3.95. The first-order chi connectivity index (χ1) is 15.0. The normalized spacial score (nSPS) is 11.0. The molecule has 5 nitrogen and oxygen atoms in total. The van der Waals surface area contributed by atoms with Gasteiger partial charge in [-0.15, -0.1) is 0 Å². The van der Waals surface area contributed by atoms with E-state index in [0.717, 1.165) is 17.5 Å². The second-order valence-corrected chi connectivity index (χ2v) is 8.06. The van der Waals surface area contributed by atoms with Crippen LogP contribution in [0.1, 0.15) is 60.7 Å². The Labute approximate surface area is 186 Å². The minimum atomic E-state index is -0.122. The van der Waals surface area contributed by atoms with Gasteiger partial charge in [0.25, 0.3) is 0 Å². The summed E-state index contributed by atoms with van der Waals surface area (Å²) in [6.07, 6.45) is 1.40. The largest absolute Gasteiger partial charge is 0.379 e. The van der Waals surface area contributed by atoms with E-state index >= 15 is 0 Å². The van der Waals surface area contributed by atoms with Gasteiger partial charge < -0.3 is 14.8 Å². The Hall–Kier alpha value is -2.50. The third-order valence-corrected chi connectivity index (χ3v) is 4.82. The summed E-state index contributed by atoms with van der Waals surface area (Å²) in [5.74, 6) is 0.458. The van der Waals surface area contributed by atoms with Crippen LogP contribution in [0.15, 0.2) is 48.5 Å². The Kier molecular flexibility index (Phi) is 11.0. The molecule has 0 unspecified atom stereocenters. The zero-order valence-corrected chi connectivity index (χ0v) is 19.0. The van der Waals surface area contributed by atoms with Crippen molar-refractivity contribution < 1.29 is 19.1 Å². The van der Waals surface area contributed by atoms with Crippen molar-refractivity contribution in [3.63, 3.8) is 0 Å². The first-order valence-electron chi connectivity index (χ1n) is 11.1. The number of rotatable bonds is 14. The van der Waals surface area contributed by atoms with Gasteiger partial charge in [-0.1, -0.05) is 62.4 Å². The molecule has 2 rings (SSSR count). The molecule has 0 saturated carbocycles. The number of nitrogens with one attached hydrogen (secondary N) is 1. The van der Waals surface area contributed by atoms with Crippen molar-refractivity contribution in [2.45, 2.75) is 53.2 Å². The Morgan fingerprint density at radius 2 is 1.61 bits per heavy atom. The molecule has 0 aliphatic rings. The average molecular weight is 426 g/mol. The molecule has 31 heavy (non-hydrogen) atoms. The van der Waals surface area contributed by atoms with Gasteiger partial charge in [0.1, 0.15) is 0 Å². The van der Waals surface area contributed by atoms with Gasteiger partial charge in [-0.05, 0) is 36.0 Å². The van der Waals surface area contributed by atoms with Gasteiger partial charge in [0.2, 0.25) is 5.91 Å². The Bertz CT molecular complexity index is 814. The molecule has 0 heterocycles. The molecular formula is C26H35NO4. The van der Waals surface area contributed by atoms with Crippen LogP contribution in [0.2, 0.25) is 0 Å². The lowest BCUT2D eigenvalue weighted by Crippen LogP contribution is -2.23. The van der Waals surface area contributed by atoms with Crippen molar-refractivity contribution in [2.24, 2.45) is 5.92 Å². The van der Waals surface area contributed by atoms with E-state index < -0.39 is 0 Å². The Morgan fingerprint density at radius 3 is 2.32 bits per heavy atom. The smallest absolute Gasteiger partial charge is 0.220 e. The molecule has 0 aliphatic carbocycles. The number of ether oxygens (including phenoxy) is 2. The van der Waals surface area contributed by atoms with Crippen molar-refractivity contribution in [2.75, 3.05) is 19.8 Å². The van der Waals surface area contributed by atoms with Gasteiger partial charge in [0, 0.05) is 31.6 Å². The molecule has 2 aromatic carbocycles. The molecule has 0 fully saturated rings. The minimum Gasteiger partial charge on any atom is -0.379 e. The first-order valence-corrected chi connectivity index (χ1v) is 11.1. The first kappa shape index (κ1) is 24.8. The number of benzene rings is 2. The molecule has 0 atom stereocenters. The van der Waals surface area contributed by atoms with E-state index in [4.69, 9.17) is 9.47 Å². The standard InChI is InChI=1S/C26H35NO4/c1-4-30-14-15-31-19-23-7-5-6-22(17-23)18-27-26(29)13-12-25(28)24-10-8-21(9-11-24)16-20(2)3/h5-11,17,20H,4,12-16,18-19H2,1-3H3,(H,27,29). The summed E-state index contributed by atoms with van der Waals surface area (Å²) in [5, 5.41) is 2.90. The van der Waals surface area contributed by atoms with Crippen LogP contribution in [0.4, 0.5) is 0 Å². The summed E-state index contributed by atoms with van der Waals surface area (Å²) in [6, 6.07) is 15.7. The number of Topliss-reactive ketones (excluding diaryl/α,β-unsaturated/α-hetero) is 1.